The van der Waals surface area contributed by atoms with E-state index in [1.165, 1.54) is 15.6 Å². The molecule has 128 valence electrons. The normalized spacial score (nSPS) is 19.7. The standard InChI is InChI=1S/C19H23IN2O2/c1-15(24-18-6-2-3-14-23-18)19-21-11-13-22(19)12-4-5-16-7-9-17(20)10-8-16/h4-5,7-11,13,15,18H,2-3,6,12,14H2,1H3/b5-4+. The number of allylic oxidation sites excluding steroid dienone is 1. The monoisotopic (exact) mass is 438 g/mol. The van der Waals surface area contributed by atoms with Crippen molar-refractivity contribution < 1.29 is 9.47 Å². The van der Waals surface area contributed by atoms with Gasteiger partial charge in [-0.2, -0.15) is 0 Å². The Balaban J connectivity index is 1.58. The molecule has 5 heteroatoms. The highest BCUT2D eigenvalue weighted by atomic mass is 127. The van der Waals surface area contributed by atoms with E-state index in [0.29, 0.717) is 0 Å². The smallest absolute Gasteiger partial charge is 0.158 e. The van der Waals surface area contributed by atoms with Crippen molar-refractivity contribution in [2.45, 2.75) is 45.1 Å². The van der Waals surface area contributed by atoms with Gasteiger partial charge in [-0.15, -0.1) is 0 Å². The van der Waals surface area contributed by atoms with E-state index in [1.54, 1.807) is 0 Å². The summed E-state index contributed by atoms with van der Waals surface area (Å²) >= 11 is 2.32. The Bertz CT molecular complexity index is 660. The van der Waals surface area contributed by atoms with Crippen molar-refractivity contribution in [3.8, 4) is 0 Å². The number of rotatable bonds is 6. The quantitative estimate of drug-likeness (QED) is 0.608. The van der Waals surface area contributed by atoms with Gasteiger partial charge in [0.2, 0.25) is 0 Å². The van der Waals surface area contributed by atoms with Gasteiger partial charge in [0.1, 0.15) is 11.9 Å². The van der Waals surface area contributed by atoms with Crippen LogP contribution in [0.3, 0.4) is 0 Å². The van der Waals surface area contributed by atoms with Crippen LogP contribution in [0.15, 0.2) is 42.7 Å². The first kappa shape index (κ1) is 17.6. The van der Waals surface area contributed by atoms with Gasteiger partial charge in [0.15, 0.2) is 6.29 Å². The first-order valence-corrected chi connectivity index (χ1v) is 9.50. The van der Waals surface area contributed by atoms with Crippen LogP contribution in [0.2, 0.25) is 0 Å². The van der Waals surface area contributed by atoms with Crippen LogP contribution in [0.1, 0.15) is 43.7 Å². The van der Waals surface area contributed by atoms with Crippen LogP contribution in [0.25, 0.3) is 6.08 Å². The molecule has 2 aromatic rings. The molecule has 1 aliphatic rings. The Morgan fingerprint density at radius 3 is 2.96 bits per heavy atom. The minimum absolute atomic E-state index is 0.0743. The summed E-state index contributed by atoms with van der Waals surface area (Å²) in [5, 5.41) is 0. The van der Waals surface area contributed by atoms with Gasteiger partial charge in [0.05, 0.1) is 0 Å². The van der Waals surface area contributed by atoms with Crippen LogP contribution in [0.5, 0.6) is 0 Å². The highest BCUT2D eigenvalue weighted by Gasteiger charge is 2.20. The zero-order valence-electron chi connectivity index (χ0n) is 13.9. The molecule has 0 amide bonds. The number of aromatic nitrogens is 2. The third kappa shape index (κ3) is 4.91. The van der Waals surface area contributed by atoms with Gasteiger partial charge in [-0.3, -0.25) is 0 Å². The summed E-state index contributed by atoms with van der Waals surface area (Å²) < 4.78 is 15.1. The van der Waals surface area contributed by atoms with Crippen molar-refractivity contribution in [2.75, 3.05) is 6.61 Å². The van der Waals surface area contributed by atoms with E-state index in [9.17, 15) is 0 Å². The number of ether oxygens (including phenoxy) is 2. The van der Waals surface area contributed by atoms with Crippen molar-refractivity contribution in [3.63, 3.8) is 0 Å². The Morgan fingerprint density at radius 1 is 1.38 bits per heavy atom. The molecule has 4 nitrogen and oxygen atoms in total. The lowest BCUT2D eigenvalue weighted by atomic mass is 10.2. The second-order valence-electron chi connectivity index (χ2n) is 5.97. The average molecular weight is 438 g/mol. The maximum atomic E-state index is 6.02. The first-order valence-electron chi connectivity index (χ1n) is 8.42. The summed E-state index contributed by atoms with van der Waals surface area (Å²) in [6.45, 7) is 3.62. The van der Waals surface area contributed by atoms with E-state index in [4.69, 9.17) is 9.47 Å². The van der Waals surface area contributed by atoms with Gasteiger partial charge in [0.25, 0.3) is 0 Å². The third-order valence-corrected chi connectivity index (χ3v) is 4.81. The maximum absolute atomic E-state index is 6.02. The fraction of sp³-hybridized carbons (Fsp3) is 0.421. The number of imidazole rings is 1. The van der Waals surface area contributed by atoms with E-state index < -0.39 is 0 Å². The topological polar surface area (TPSA) is 36.3 Å². The molecule has 0 aliphatic carbocycles. The largest absolute Gasteiger partial charge is 0.353 e. The zero-order chi connectivity index (χ0) is 16.8. The maximum Gasteiger partial charge on any atom is 0.158 e. The van der Waals surface area contributed by atoms with E-state index in [-0.39, 0.29) is 12.4 Å². The summed E-state index contributed by atoms with van der Waals surface area (Å²) in [5.41, 5.74) is 1.21. The van der Waals surface area contributed by atoms with Crippen LogP contribution in [0, 0.1) is 3.57 Å². The summed E-state index contributed by atoms with van der Waals surface area (Å²) in [5.74, 6) is 0.941. The molecule has 1 aromatic carbocycles. The van der Waals surface area contributed by atoms with Crippen molar-refractivity contribution >= 4 is 28.7 Å². The van der Waals surface area contributed by atoms with Crippen molar-refractivity contribution in [3.05, 3.63) is 57.7 Å². The molecule has 0 N–H and O–H groups in total. The summed E-state index contributed by atoms with van der Waals surface area (Å²) in [7, 11) is 0. The number of halogens is 1. The van der Waals surface area contributed by atoms with Crippen LogP contribution < -0.4 is 0 Å². The fourth-order valence-electron chi connectivity index (χ4n) is 2.82. The lowest BCUT2D eigenvalue weighted by Gasteiger charge is -2.26. The summed E-state index contributed by atoms with van der Waals surface area (Å²) in [4.78, 5) is 4.47. The number of hydrogen-bond acceptors (Lipinski definition) is 3. The van der Waals surface area contributed by atoms with Crippen LogP contribution in [-0.2, 0) is 16.0 Å². The molecular formula is C19H23IN2O2. The second kappa shape index (κ2) is 8.78. The second-order valence-corrected chi connectivity index (χ2v) is 7.21. The molecular weight excluding hydrogens is 415 g/mol. The number of hydrogen-bond donors (Lipinski definition) is 0. The molecule has 2 heterocycles. The Morgan fingerprint density at radius 2 is 2.21 bits per heavy atom. The SMILES string of the molecule is CC(OC1CCCCO1)c1nccn1C/C=C/c1ccc(I)cc1. The highest BCUT2D eigenvalue weighted by molar-refractivity contribution is 14.1. The lowest BCUT2D eigenvalue weighted by Crippen LogP contribution is -2.24. The number of benzene rings is 1. The molecule has 0 radical (unpaired) electrons. The number of nitrogens with zero attached hydrogens (tertiary/aromatic N) is 2. The Labute approximate surface area is 157 Å². The Kier molecular flexibility index (Phi) is 6.45. The molecule has 0 saturated carbocycles. The minimum atomic E-state index is -0.0961. The first-order chi connectivity index (χ1) is 11.7. The molecule has 1 aromatic heterocycles. The van der Waals surface area contributed by atoms with Crippen LogP contribution in [-0.4, -0.2) is 22.4 Å². The fourth-order valence-corrected chi connectivity index (χ4v) is 3.18. The highest BCUT2D eigenvalue weighted by Crippen LogP contribution is 2.22. The van der Waals surface area contributed by atoms with Crippen molar-refractivity contribution in [1.29, 1.82) is 0 Å². The van der Waals surface area contributed by atoms with Gasteiger partial charge < -0.3 is 14.0 Å². The van der Waals surface area contributed by atoms with Crippen LogP contribution >= 0.6 is 22.6 Å². The molecule has 24 heavy (non-hydrogen) atoms. The molecule has 1 aliphatic heterocycles. The zero-order valence-corrected chi connectivity index (χ0v) is 16.1. The van der Waals surface area contributed by atoms with E-state index >= 15 is 0 Å². The predicted molar refractivity (Wildman–Crippen MR) is 104 cm³/mol. The van der Waals surface area contributed by atoms with Gasteiger partial charge >= 0.3 is 0 Å². The predicted octanol–water partition coefficient (Wildman–Crippen LogP) is 4.81. The Hall–Kier alpha value is -1.18. The average Bonchev–Trinajstić information content (AvgIpc) is 3.06. The van der Waals surface area contributed by atoms with Gasteiger partial charge in [-0.05, 0) is 66.5 Å². The molecule has 3 rings (SSSR count). The molecule has 0 bridgehead atoms. The molecule has 2 unspecified atom stereocenters. The molecule has 2 atom stereocenters. The summed E-state index contributed by atoms with van der Waals surface area (Å²) in [6.07, 6.45) is 11.2. The van der Waals surface area contributed by atoms with Gasteiger partial charge in [-0.1, -0.05) is 24.3 Å². The van der Waals surface area contributed by atoms with Crippen molar-refractivity contribution in [1.82, 2.24) is 9.55 Å². The molecule has 0 spiro atoms. The molecule has 1 fully saturated rings. The van der Waals surface area contributed by atoms with Gasteiger partial charge in [0, 0.05) is 29.1 Å². The third-order valence-electron chi connectivity index (χ3n) is 4.09. The summed E-state index contributed by atoms with van der Waals surface area (Å²) in [6, 6.07) is 8.48. The minimum Gasteiger partial charge on any atom is -0.353 e. The van der Waals surface area contributed by atoms with Crippen molar-refractivity contribution in [2.24, 2.45) is 0 Å². The van der Waals surface area contributed by atoms with E-state index in [2.05, 4.69) is 68.6 Å². The lowest BCUT2D eigenvalue weighted by molar-refractivity contribution is -0.188. The van der Waals surface area contributed by atoms with Crippen LogP contribution in [0.4, 0.5) is 0 Å². The van der Waals surface area contributed by atoms with Gasteiger partial charge in [-0.25, -0.2) is 4.98 Å². The molecule has 1 saturated heterocycles. The van der Waals surface area contributed by atoms with E-state index in [1.807, 2.05) is 19.3 Å². The van der Waals surface area contributed by atoms with E-state index in [0.717, 1.165) is 31.8 Å².